The van der Waals surface area contributed by atoms with E-state index < -0.39 is 6.29 Å². The first-order chi connectivity index (χ1) is 17.5. The van der Waals surface area contributed by atoms with Crippen molar-refractivity contribution in [1.29, 1.82) is 0 Å². The van der Waals surface area contributed by atoms with E-state index in [1.165, 1.54) is 37.7 Å². The summed E-state index contributed by atoms with van der Waals surface area (Å²) >= 11 is 0. The van der Waals surface area contributed by atoms with Gasteiger partial charge in [-0.1, -0.05) is 44.7 Å². The van der Waals surface area contributed by atoms with Crippen LogP contribution in [0.5, 0.6) is 0 Å². The third-order valence-corrected chi connectivity index (χ3v) is 9.06. The van der Waals surface area contributed by atoms with Crippen molar-refractivity contribution in [2.75, 3.05) is 7.05 Å². The normalized spacial score (nSPS) is 26.8. The maximum absolute atomic E-state index is 13.7. The molecule has 0 radical (unpaired) electrons. The maximum Gasteiger partial charge on any atom is 0.225 e. The topological polar surface area (TPSA) is 78.6 Å². The Labute approximate surface area is 215 Å². The Morgan fingerprint density at radius 2 is 1.89 bits per heavy atom. The van der Waals surface area contributed by atoms with Crippen molar-refractivity contribution >= 4 is 5.91 Å². The van der Waals surface area contributed by atoms with Gasteiger partial charge in [0.25, 0.3) is 0 Å². The standard InChI is InChI=1S/C30H43N3O3/c1-3-8-20-9-4-5-14-27(20)32(2)29(34)24-12-6-10-22(17-24)23-11-7-13-25(18-23)33-28(21-15-16-21)26(19-31-33)30(35)36/h7,11,13,18-22,24,27,30,35-36H,3-6,8-10,12,14-17H2,1-2H3. The molecule has 1 heterocycles. The van der Waals surface area contributed by atoms with Gasteiger partial charge < -0.3 is 15.1 Å². The Morgan fingerprint density at radius 1 is 1.08 bits per heavy atom. The predicted octanol–water partition coefficient (Wildman–Crippen LogP) is 5.82. The molecule has 2 aromatic rings. The second-order valence-electron chi connectivity index (χ2n) is 11.6. The number of carbonyl (C=O) groups excluding carboxylic acids is 1. The number of hydrogen-bond acceptors (Lipinski definition) is 4. The Morgan fingerprint density at radius 3 is 2.64 bits per heavy atom. The summed E-state index contributed by atoms with van der Waals surface area (Å²) < 4.78 is 1.89. The van der Waals surface area contributed by atoms with E-state index in [4.69, 9.17) is 0 Å². The zero-order chi connectivity index (χ0) is 25.2. The van der Waals surface area contributed by atoms with Crippen LogP contribution in [0.25, 0.3) is 5.69 Å². The molecule has 0 bridgehead atoms. The van der Waals surface area contributed by atoms with E-state index in [-0.39, 0.29) is 5.92 Å². The molecule has 196 valence electrons. The molecule has 2 N–H and O–H groups in total. The monoisotopic (exact) mass is 493 g/mol. The van der Waals surface area contributed by atoms with Gasteiger partial charge in [0.2, 0.25) is 5.91 Å². The van der Waals surface area contributed by atoms with Gasteiger partial charge >= 0.3 is 0 Å². The Bertz CT molecular complexity index is 1040. The van der Waals surface area contributed by atoms with E-state index >= 15 is 0 Å². The quantitative estimate of drug-likeness (QED) is 0.454. The number of nitrogens with zero attached hydrogens (tertiary/aromatic N) is 3. The molecule has 5 rings (SSSR count). The van der Waals surface area contributed by atoms with Crippen molar-refractivity contribution in [3.63, 3.8) is 0 Å². The van der Waals surface area contributed by atoms with Gasteiger partial charge in [-0.3, -0.25) is 4.79 Å². The van der Waals surface area contributed by atoms with Gasteiger partial charge in [0.1, 0.15) is 0 Å². The van der Waals surface area contributed by atoms with Crippen molar-refractivity contribution in [2.45, 2.75) is 108 Å². The van der Waals surface area contributed by atoms with E-state index in [9.17, 15) is 15.0 Å². The first kappa shape index (κ1) is 25.5. The molecule has 6 heteroatoms. The van der Waals surface area contributed by atoms with Gasteiger partial charge in [-0.05, 0) is 80.9 Å². The minimum Gasteiger partial charge on any atom is -0.364 e. The van der Waals surface area contributed by atoms with E-state index in [1.807, 2.05) is 10.7 Å². The van der Waals surface area contributed by atoms with Crippen molar-refractivity contribution in [2.24, 2.45) is 11.8 Å². The van der Waals surface area contributed by atoms with Crippen molar-refractivity contribution in [3.05, 3.63) is 47.3 Å². The van der Waals surface area contributed by atoms with Crippen LogP contribution in [-0.2, 0) is 4.79 Å². The van der Waals surface area contributed by atoms with Crippen molar-refractivity contribution in [3.8, 4) is 5.69 Å². The van der Waals surface area contributed by atoms with Gasteiger partial charge in [-0.2, -0.15) is 5.10 Å². The molecule has 0 spiro atoms. The van der Waals surface area contributed by atoms with Crippen LogP contribution in [0, 0.1) is 11.8 Å². The molecule has 1 aromatic heterocycles. The number of aliphatic hydroxyl groups excluding tert-OH is 1. The van der Waals surface area contributed by atoms with E-state index in [0.29, 0.717) is 35.3 Å². The maximum atomic E-state index is 13.7. The van der Waals surface area contributed by atoms with E-state index in [1.54, 1.807) is 6.20 Å². The summed E-state index contributed by atoms with van der Waals surface area (Å²) in [5.74, 6) is 1.82. The average Bonchev–Trinajstić information content (AvgIpc) is 3.65. The first-order valence-corrected chi connectivity index (χ1v) is 14.3. The molecule has 3 saturated carbocycles. The van der Waals surface area contributed by atoms with Gasteiger partial charge in [0, 0.05) is 30.5 Å². The summed E-state index contributed by atoms with van der Waals surface area (Å²) in [6.45, 7) is 2.26. The first-order valence-electron chi connectivity index (χ1n) is 14.3. The summed E-state index contributed by atoms with van der Waals surface area (Å²) in [7, 11) is 2.06. The molecule has 1 amide bonds. The molecule has 3 fully saturated rings. The highest BCUT2D eigenvalue weighted by Crippen LogP contribution is 2.44. The predicted molar refractivity (Wildman–Crippen MR) is 141 cm³/mol. The molecule has 0 saturated heterocycles. The van der Waals surface area contributed by atoms with Crippen molar-refractivity contribution in [1.82, 2.24) is 14.7 Å². The Balaban J connectivity index is 1.32. The fourth-order valence-electron chi connectivity index (χ4n) is 7.02. The Kier molecular flexibility index (Phi) is 7.82. The zero-order valence-electron chi connectivity index (χ0n) is 22.0. The van der Waals surface area contributed by atoms with Crippen molar-refractivity contribution < 1.29 is 15.0 Å². The lowest BCUT2D eigenvalue weighted by Gasteiger charge is -2.40. The lowest BCUT2D eigenvalue weighted by atomic mass is 9.76. The molecular weight excluding hydrogens is 450 g/mol. The number of rotatable bonds is 8. The highest BCUT2D eigenvalue weighted by atomic mass is 16.5. The highest BCUT2D eigenvalue weighted by molar-refractivity contribution is 5.79. The van der Waals surface area contributed by atoms with E-state index in [0.717, 1.165) is 56.3 Å². The minimum atomic E-state index is -1.50. The van der Waals surface area contributed by atoms with Crippen LogP contribution in [0.15, 0.2) is 30.5 Å². The fraction of sp³-hybridized carbons (Fsp3) is 0.667. The average molecular weight is 494 g/mol. The number of aromatic nitrogens is 2. The molecule has 3 aliphatic rings. The molecule has 36 heavy (non-hydrogen) atoms. The fourth-order valence-corrected chi connectivity index (χ4v) is 7.02. The lowest BCUT2D eigenvalue weighted by molar-refractivity contribution is -0.139. The summed E-state index contributed by atoms with van der Waals surface area (Å²) in [6.07, 6.45) is 13.7. The molecule has 3 aliphatic carbocycles. The zero-order valence-corrected chi connectivity index (χ0v) is 22.0. The second-order valence-corrected chi connectivity index (χ2v) is 11.6. The van der Waals surface area contributed by atoms with Crippen LogP contribution in [0.4, 0.5) is 0 Å². The molecule has 1 aromatic carbocycles. The van der Waals surface area contributed by atoms with Crippen LogP contribution >= 0.6 is 0 Å². The van der Waals surface area contributed by atoms with Crippen LogP contribution in [-0.4, -0.2) is 43.9 Å². The summed E-state index contributed by atoms with van der Waals surface area (Å²) in [5.41, 5.74) is 3.67. The molecule has 4 unspecified atom stereocenters. The Hall–Kier alpha value is -2.18. The second kappa shape index (κ2) is 11.1. The lowest BCUT2D eigenvalue weighted by Crippen LogP contribution is -2.46. The molecule has 6 nitrogen and oxygen atoms in total. The third kappa shape index (κ3) is 5.26. The number of hydrogen-bond donors (Lipinski definition) is 2. The smallest absolute Gasteiger partial charge is 0.225 e. The van der Waals surface area contributed by atoms with Crippen LogP contribution in [0.3, 0.4) is 0 Å². The van der Waals surface area contributed by atoms with Crippen LogP contribution in [0.2, 0.25) is 0 Å². The van der Waals surface area contributed by atoms with Crippen LogP contribution in [0.1, 0.15) is 119 Å². The summed E-state index contributed by atoms with van der Waals surface area (Å²) in [6, 6.07) is 8.92. The van der Waals surface area contributed by atoms with Crippen LogP contribution < -0.4 is 0 Å². The van der Waals surface area contributed by atoms with Gasteiger partial charge in [0.05, 0.1) is 17.6 Å². The van der Waals surface area contributed by atoms with E-state index in [2.05, 4.69) is 42.2 Å². The number of amides is 1. The number of benzene rings is 1. The summed E-state index contributed by atoms with van der Waals surface area (Å²) in [4.78, 5) is 15.8. The SMILES string of the molecule is CCCC1CCCCC1N(C)C(=O)C1CCCC(c2cccc(-n3ncc(C(O)O)c3C3CC3)c2)C1. The largest absolute Gasteiger partial charge is 0.364 e. The minimum absolute atomic E-state index is 0.101. The van der Waals surface area contributed by atoms with Gasteiger partial charge in [0.15, 0.2) is 6.29 Å². The summed E-state index contributed by atoms with van der Waals surface area (Å²) in [5, 5.41) is 24.2. The highest BCUT2D eigenvalue weighted by Gasteiger charge is 2.36. The molecule has 4 atom stereocenters. The molecule has 0 aliphatic heterocycles. The number of aliphatic hydroxyl groups is 2. The third-order valence-electron chi connectivity index (χ3n) is 9.06. The van der Waals surface area contributed by atoms with Gasteiger partial charge in [-0.25, -0.2) is 4.68 Å². The molecular formula is C30H43N3O3. The number of carbonyl (C=O) groups is 1. The van der Waals surface area contributed by atoms with Gasteiger partial charge in [-0.15, -0.1) is 0 Å².